The van der Waals surface area contributed by atoms with Crippen LogP contribution >= 0.6 is 11.3 Å². The number of pyridine rings is 1. The van der Waals surface area contributed by atoms with Gasteiger partial charge in [0.2, 0.25) is 0 Å². The first-order valence-corrected chi connectivity index (χ1v) is 8.49. The Labute approximate surface area is 132 Å². The zero-order chi connectivity index (χ0) is 15.6. The molecule has 0 bridgehead atoms. The summed E-state index contributed by atoms with van der Waals surface area (Å²) in [4.78, 5) is 31.0. The number of hydrogen-bond donors (Lipinski definition) is 1. The van der Waals surface area contributed by atoms with E-state index in [1.807, 2.05) is 0 Å². The van der Waals surface area contributed by atoms with Gasteiger partial charge in [-0.2, -0.15) is 0 Å². The second-order valence-corrected chi connectivity index (χ2v) is 8.15. The molecule has 2 aliphatic rings. The van der Waals surface area contributed by atoms with E-state index in [2.05, 4.69) is 18.8 Å². The number of carbonyl (C=O) groups is 2. The summed E-state index contributed by atoms with van der Waals surface area (Å²) >= 11 is 1.44. The fourth-order valence-electron chi connectivity index (χ4n) is 3.75. The van der Waals surface area contributed by atoms with Gasteiger partial charge in [-0.05, 0) is 30.2 Å². The minimum absolute atomic E-state index is 0.0650. The number of rotatable bonds is 0. The number of hydrogen-bond acceptors (Lipinski definition) is 5. The standard InChI is InChI=1S/C17H18N2O2S/c1-17(2)6-8-12-14(18)13-9(4-3-5-10(13)20)19-16(12)22-15(8)11(21)7-17/h3-7H2,1-2H3,(H2,18,19). The normalized spacial score (nSPS) is 20.1. The van der Waals surface area contributed by atoms with Crippen molar-refractivity contribution in [2.45, 2.75) is 46.0 Å². The molecular weight excluding hydrogens is 296 g/mol. The van der Waals surface area contributed by atoms with Crippen molar-refractivity contribution in [3.8, 4) is 0 Å². The third-order valence-corrected chi connectivity index (χ3v) is 5.86. The van der Waals surface area contributed by atoms with Gasteiger partial charge < -0.3 is 5.73 Å². The number of nitrogen functional groups attached to an aromatic ring is 1. The number of aromatic nitrogens is 1. The maximum absolute atomic E-state index is 12.4. The first-order valence-electron chi connectivity index (χ1n) is 7.67. The summed E-state index contributed by atoms with van der Waals surface area (Å²) in [7, 11) is 0. The summed E-state index contributed by atoms with van der Waals surface area (Å²) in [5.41, 5.74) is 9.28. The van der Waals surface area contributed by atoms with Gasteiger partial charge in [0, 0.05) is 18.2 Å². The van der Waals surface area contributed by atoms with Crippen LogP contribution in [-0.2, 0) is 12.8 Å². The Bertz CT molecular complexity index is 848. The van der Waals surface area contributed by atoms with Crippen LogP contribution in [0.4, 0.5) is 5.69 Å². The maximum Gasteiger partial charge on any atom is 0.173 e. The van der Waals surface area contributed by atoms with E-state index in [0.29, 0.717) is 24.1 Å². The Morgan fingerprint density at radius 2 is 1.91 bits per heavy atom. The first kappa shape index (κ1) is 13.9. The van der Waals surface area contributed by atoms with E-state index in [4.69, 9.17) is 5.73 Å². The largest absolute Gasteiger partial charge is 0.398 e. The predicted octanol–water partition coefficient (Wildman–Crippen LogP) is 3.55. The molecule has 0 unspecified atom stereocenters. The van der Waals surface area contributed by atoms with Gasteiger partial charge >= 0.3 is 0 Å². The highest BCUT2D eigenvalue weighted by atomic mass is 32.1. The molecule has 4 nitrogen and oxygen atoms in total. The van der Waals surface area contributed by atoms with Gasteiger partial charge in [-0.25, -0.2) is 4.98 Å². The Hall–Kier alpha value is -1.75. The Balaban J connectivity index is 2.06. The van der Waals surface area contributed by atoms with Crippen LogP contribution < -0.4 is 5.73 Å². The summed E-state index contributed by atoms with van der Waals surface area (Å²) in [5, 5.41) is 0.857. The second-order valence-electron chi connectivity index (χ2n) is 7.15. The molecule has 5 heteroatoms. The van der Waals surface area contributed by atoms with E-state index in [0.717, 1.165) is 45.6 Å². The van der Waals surface area contributed by atoms with Crippen molar-refractivity contribution in [3.05, 3.63) is 21.7 Å². The zero-order valence-corrected chi connectivity index (χ0v) is 13.6. The van der Waals surface area contributed by atoms with Crippen molar-refractivity contribution in [3.63, 3.8) is 0 Å². The number of nitrogens with two attached hydrogens (primary N) is 1. The molecule has 0 saturated carbocycles. The van der Waals surface area contributed by atoms with Gasteiger partial charge in [-0.15, -0.1) is 11.3 Å². The molecule has 4 rings (SSSR count). The molecule has 22 heavy (non-hydrogen) atoms. The zero-order valence-electron chi connectivity index (χ0n) is 12.8. The number of anilines is 1. The van der Waals surface area contributed by atoms with Crippen LogP contribution in [0, 0.1) is 5.41 Å². The molecule has 2 aromatic rings. The van der Waals surface area contributed by atoms with Crippen LogP contribution in [0.1, 0.15) is 64.4 Å². The smallest absolute Gasteiger partial charge is 0.173 e. The van der Waals surface area contributed by atoms with Crippen LogP contribution in [0.25, 0.3) is 10.2 Å². The summed E-state index contributed by atoms with van der Waals surface area (Å²) in [6.07, 6.45) is 3.55. The molecule has 0 fully saturated rings. The fourth-order valence-corrected chi connectivity index (χ4v) is 4.92. The summed E-state index contributed by atoms with van der Waals surface area (Å²) < 4.78 is 0. The van der Waals surface area contributed by atoms with Crippen molar-refractivity contribution in [2.75, 3.05) is 5.73 Å². The van der Waals surface area contributed by atoms with Crippen molar-refractivity contribution < 1.29 is 9.59 Å². The first-order chi connectivity index (χ1) is 10.4. The molecule has 2 N–H and O–H groups in total. The number of carbonyl (C=O) groups excluding carboxylic acids is 2. The van der Waals surface area contributed by atoms with Crippen LogP contribution in [-0.4, -0.2) is 16.6 Å². The summed E-state index contributed by atoms with van der Waals surface area (Å²) in [6, 6.07) is 0. The van der Waals surface area contributed by atoms with Gasteiger partial charge in [0.25, 0.3) is 0 Å². The lowest BCUT2D eigenvalue weighted by molar-refractivity contribution is 0.0917. The topological polar surface area (TPSA) is 73.1 Å². The molecule has 2 aliphatic carbocycles. The van der Waals surface area contributed by atoms with Crippen LogP contribution in [0.3, 0.4) is 0 Å². The van der Waals surface area contributed by atoms with Crippen LogP contribution in [0.5, 0.6) is 0 Å². The van der Waals surface area contributed by atoms with Crippen molar-refractivity contribution in [1.29, 1.82) is 0 Å². The highest BCUT2D eigenvalue weighted by molar-refractivity contribution is 7.20. The Morgan fingerprint density at radius 1 is 1.14 bits per heavy atom. The monoisotopic (exact) mass is 314 g/mol. The number of fused-ring (bicyclic) bond motifs is 4. The highest BCUT2D eigenvalue weighted by Gasteiger charge is 2.36. The predicted molar refractivity (Wildman–Crippen MR) is 87.7 cm³/mol. The molecule has 0 amide bonds. The third-order valence-electron chi connectivity index (χ3n) is 4.70. The number of ketones is 2. The third kappa shape index (κ3) is 1.85. The molecule has 0 atom stereocenters. The number of nitrogens with zero attached hydrogens (tertiary/aromatic N) is 1. The van der Waals surface area contributed by atoms with E-state index in [-0.39, 0.29) is 17.0 Å². The number of thiophene rings is 1. The minimum atomic E-state index is -0.0650. The molecule has 0 aliphatic heterocycles. The average molecular weight is 314 g/mol. The fraction of sp³-hybridized carbons (Fsp3) is 0.471. The molecule has 0 spiro atoms. The summed E-state index contributed by atoms with van der Waals surface area (Å²) in [5.74, 6) is 0.271. The highest BCUT2D eigenvalue weighted by Crippen LogP contribution is 2.45. The Morgan fingerprint density at radius 3 is 2.68 bits per heavy atom. The molecule has 0 saturated heterocycles. The molecular formula is C17H18N2O2S. The van der Waals surface area contributed by atoms with Gasteiger partial charge in [-0.3, -0.25) is 9.59 Å². The lowest BCUT2D eigenvalue weighted by Gasteiger charge is -2.28. The van der Waals surface area contributed by atoms with Gasteiger partial charge in [-0.1, -0.05) is 13.8 Å². The number of aryl methyl sites for hydroxylation is 1. The van der Waals surface area contributed by atoms with Gasteiger partial charge in [0.15, 0.2) is 11.6 Å². The quantitative estimate of drug-likeness (QED) is 0.807. The minimum Gasteiger partial charge on any atom is -0.398 e. The van der Waals surface area contributed by atoms with E-state index < -0.39 is 0 Å². The number of Topliss-reactive ketones (excluding diaryl/α,β-unsaturated/α-hetero) is 2. The molecule has 2 aromatic heterocycles. The van der Waals surface area contributed by atoms with Crippen LogP contribution in [0.2, 0.25) is 0 Å². The molecule has 0 radical (unpaired) electrons. The van der Waals surface area contributed by atoms with Crippen molar-refractivity contribution in [1.82, 2.24) is 4.98 Å². The van der Waals surface area contributed by atoms with Crippen molar-refractivity contribution >= 4 is 38.8 Å². The van der Waals surface area contributed by atoms with E-state index in [1.165, 1.54) is 11.3 Å². The van der Waals surface area contributed by atoms with Gasteiger partial charge in [0.1, 0.15) is 4.83 Å². The van der Waals surface area contributed by atoms with Crippen molar-refractivity contribution in [2.24, 2.45) is 5.41 Å². The molecule has 2 heterocycles. The van der Waals surface area contributed by atoms with Gasteiger partial charge in [0.05, 0.1) is 21.8 Å². The molecule has 114 valence electrons. The van der Waals surface area contributed by atoms with E-state index in [1.54, 1.807) is 0 Å². The SMILES string of the molecule is CC1(C)CC(=O)c2sc3nc4c(c(N)c3c2C1)C(=O)CCC4. The average Bonchev–Trinajstić information content (AvgIpc) is 2.76. The van der Waals surface area contributed by atoms with E-state index >= 15 is 0 Å². The molecule has 0 aromatic carbocycles. The lowest BCUT2D eigenvalue weighted by atomic mass is 9.75. The lowest BCUT2D eigenvalue weighted by Crippen LogP contribution is -2.25. The van der Waals surface area contributed by atoms with E-state index in [9.17, 15) is 9.59 Å². The Kier molecular flexibility index (Phi) is 2.77. The second kappa shape index (κ2) is 4.38. The maximum atomic E-state index is 12.4. The van der Waals surface area contributed by atoms with Crippen LogP contribution in [0.15, 0.2) is 0 Å². The summed E-state index contributed by atoms with van der Waals surface area (Å²) in [6.45, 7) is 4.20.